The van der Waals surface area contributed by atoms with E-state index in [4.69, 9.17) is 8.83 Å². The van der Waals surface area contributed by atoms with Gasteiger partial charge in [0.2, 0.25) is 0 Å². The summed E-state index contributed by atoms with van der Waals surface area (Å²) < 4.78 is 9.94. The summed E-state index contributed by atoms with van der Waals surface area (Å²) in [6.45, 7) is 0. The van der Waals surface area contributed by atoms with E-state index in [2.05, 4.69) is 20.6 Å². The Morgan fingerprint density at radius 2 is 2.10 bits per heavy atom. The number of carbonyl (C=O) groups is 2. The molecule has 3 aromatic heterocycles. The third-order valence-corrected chi connectivity index (χ3v) is 3.04. The molecule has 0 atom stereocenters. The summed E-state index contributed by atoms with van der Waals surface area (Å²) in [6, 6.07) is 2.98. The van der Waals surface area contributed by atoms with E-state index in [0.29, 0.717) is 5.13 Å². The molecule has 0 saturated carbocycles. The van der Waals surface area contributed by atoms with Gasteiger partial charge in [-0.2, -0.15) is 4.98 Å². The number of anilines is 2. The number of furan rings is 1. The predicted octanol–water partition coefficient (Wildman–Crippen LogP) is 2.23. The highest BCUT2D eigenvalue weighted by atomic mass is 32.1. The third-order valence-electron chi connectivity index (χ3n) is 2.36. The first-order chi connectivity index (χ1) is 10.2. The SMILES string of the molecule is O=C(Nc1nccs1)c1coc(NC(=O)c2ccco2)n1. The van der Waals surface area contributed by atoms with Crippen molar-refractivity contribution in [2.75, 3.05) is 10.6 Å². The van der Waals surface area contributed by atoms with Crippen molar-refractivity contribution in [1.29, 1.82) is 0 Å². The molecule has 2 N–H and O–H groups in total. The lowest BCUT2D eigenvalue weighted by atomic mass is 10.4. The van der Waals surface area contributed by atoms with Crippen molar-refractivity contribution in [1.82, 2.24) is 9.97 Å². The molecule has 9 heteroatoms. The molecule has 0 unspecified atom stereocenters. The Labute approximate surface area is 121 Å². The molecule has 0 saturated heterocycles. The van der Waals surface area contributed by atoms with Crippen LogP contribution in [0.25, 0.3) is 0 Å². The Morgan fingerprint density at radius 1 is 1.19 bits per heavy atom. The number of rotatable bonds is 4. The Kier molecular flexibility index (Phi) is 3.48. The highest BCUT2D eigenvalue weighted by Crippen LogP contribution is 2.14. The Bertz CT molecular complexity index is 748. The van der Waals surface area contributed by atoms with Crippen LogP contribution in [0.15, 0.2) is 45.1 Å². The zero-order valence-electron chi connectivity index (χ0n) is 10.4. The van der Waals surface area contributed by atoms with Gasteiger partial charge in [-0.1, -0.05) is 0 Å². The van der Waals surface area contributed by atoms with Crippen molar-refractivity contribution < 1.29 is 18.4 Å². The summed E-state index contributed by atoms with van der Waals surface area (Å²) >= 11 is 1.28. The molecule has 3 heterocycles. The van der Waals surface area contributed by atoms with Crippen LogP contribution in [0, 0.1) is 0 Å². The molecule has 0 radical (unpaired) electrons. The van der Waals surface area contributed by atoms with Crippen LogP contribution in [0.2, 0.25) is 0 Å². The van der Waals surface area contributed by atoms with Crippen molar-refractivity contribution in [3.05, 3.63) is 47.7 Å². The summed E-state index contributed by atoms with van der Waals surface area (Å²) in [6.07, 6.45) is 4.08. The maximum absolute atomic E-state index is 11.8. The van der Waals surface area contributed by atoms with Gasteiger partial charge in [0.05, 0.1) is 6.26 Å². The van der Waals surface area contributed by atoms with Gasteiger partial charge < -0.3 is 8.83 Å². The molecule has 0 aliphatic rings. The maximum atomic E-state index is 11.8. The van der Waals surface area contributed by atoms with Crippen molar-refractivity contribution in [3.63, 3.8) is 0 Å². The number of hydrogen-bond donors (Lipinski definition) is 2. The Morgan fingerprint density at radius 3 is 2.81 bits per heavy atom. The van der Waals surface area contributed by atoms with Gasteiger partial charge in [0.15, 0.2) is 16.6 Å². The van der Waals surface area contributed by atoms with E-state index in [-0.39, 0.29) is 17.5 Å². The zero-order chi connectivity index (χ0) is 14.7. The van der Waals surface area contributed by atoms with E-state index in [1.165, 1.54) is 23.7 Å². The number of hydrogen-bond acceptors (Lipinski definition) is 7. The maximum Gasteiger partial charge on any atom is 0.302 e. The zero-order valence-corrected chi connectivity index (χ0v) is 11.2. The monoisotopic (exact) mass is 304 g/mol. The fourth-order valence-electron chi connectivity index (χ4n) is 1.45. The quantitative estimate of drug-likeness (QED) is 0.764. The second kappa shape index (κ2) is 5.59. The van der Waals surface area contributed by atoms with Gasteiger partial charge in [0.1, 0.15) is 6.26 Å². The van der Waals surface area contributed by atoms with Crippen LogP contribution in [-0.4, -0.2) is 21.8 Å². The van der Waals surface area contributed by atoms with Crippen LogP contribution in [0.3, 0.4) is 0 Å². The van der Waals surface area contributed by atoms with Crippen LogP contribution in [0.1, 0.15) is 21.0 Å². The topological polar surface area (TPSA) is 110 Å². The predicted molar refractivity (Wildman–Crippen MR) is 73.2 cm³/mol. The van der Waals surface area contributed by atoms with E-state index in [1.807, 2.05) is 0 Å². The van der Waals surface area contributed by atoms with Gasteiger partial charge in [-0.05, 0) is 12.1 Å². The molecule has 2 amide bonds. The van der Waals surface area contributed by atoms with E-state index in [0.717, 1.165) is 6.26 Å². The molecule has 8 nitrogen and oxygen atoms in total. The van der Waals surface area contributed by atoms with Crippen molar-refractivity contribution in [3.8, 4) is 0 Å². The number of amides is 2. The molecule has 3 rings (SSSR count). The number of carbonyl (C=O) groups excluding carboxylic acids is 2. The van der Waals surface area contributed by atoms with E-state index < -0.39 is 11.8 Å². The number of thiazole rings is 1. The van der Waals surface area contributed by atoms with Gasteiger partial charge in [0, 0.05) is 11.6 Å². The van der Waals surface area contributed by atoms with Crippen LogP contribution in [0.5, 0.6) is 0 Å². The number of oxazole rings is 1. The molecule has 21 heavy (non-hydrogen) atoms. The molecule has 0 aliphatic carbocycles. The molecule has 0 fully saturated rings. The van der Waals surface area contributed by atoms with E-state index in [1.54, 1.807) is 17.6 Å². The van der Waals surface area contributed by atoms with Crippen LogP contribution < -0.4 is 10.6 Å². The molecular weight excluding hydrogens is 296 g/mol. The number of nitrogens with zero attached hydrogens (tertiary/aromatic N) is 2. The van der Waals surface area contributed by atoms with Crippen molar-refractivity contribution >= 4 is 34.3 Å². The average molecular weight is 304 g/mol. The fraction of sp³-hybridized carbons (Fsp3) is 0. The second-order valence-electron chi connectivity index (χ2n) is 3.76. The van der Waals surface area contributed by atoms with Gasteiger partial charge in [-0.3, -0.25) is 20.2 Å². The minimum Gasteiger partial charge on any atom is -0.459 e. The first-order valence-electron chi connectivity index (χ1n) is 5.73. The summed E-state index contributed by atoms with van der Waals surface area (Å²) in [5.41, 5.74) is 0.0277. The Balaban J connectivity index is 1.66. The number of nitrogens with one attached hydrogen (secondary N) is 2. The molecule has 0 spiro atoms. The van der Waals surface area contributed by atoms with Crippen molar-refractivity contribution in [2.24, 2.45) is 0 Å². The van der Waals surface area contributed by atoms with Gasteiger partial charge in [0.25, 0.3) is 11.8 Å². The molecule has 3 aromatic rings. The lowest BCUT2D eigenvalue weighted by molar-refractivity contribution is 0.0990. The summed E-state index contributed by atoms with van der Waals surface area (Å²) in [7, 11) is 0. The molecule has 0 aromatic carbocycles. The van der Waals surface area contributed by atoms with Crippen molar-refractivity contribution in [2.45, 2.75) is 0 Å². The normalized spacial score (nSPS) is 10.3. The molecule has 106 valence electrons. The van der Waals surface area contributed by atoms with E-state index in [9.17, 15) is 9.59 Å². The highest BCUT2D eigenvalue weighted by molar-refractivity contribution is 7.13. The van der Waals surface area contributed by atoms with Gasteiger partial charge in [-0.25, -0.2) is 4.98 Å². The second-order valence-corrected chi connectivity index (χ2v) is 4.66. The standard InChI is InChI=1S/C12H8N4O4S/c17-9(16-12-13-3-5-21-12)7-6-20-11(14-7)15-10(18)8-2-1-4-19-8/h1-6H,(H,13,16,17)(H,14,15,18). The van der Waals surface area contributed by atoms with Crippen LogP contribution in [0.4, 0.5) is 11.1 Å². The third kappa shape index (κ3) is 2.98. The smallest absolute Gasteiger partial charge is 0.302 e. The summed E-state index contributed by atoms with van der Waals surface area (Å²) in [5.74, 6) is -0.886. The fourth-order valence-corrected chi connectivity index (χ4v) is 1.97. The summed E-state index contributed by atoms with van der Waals surface area (Å²) in [5, 5.41) is 7.10. The number of aromatic nitrogens is 2. The lowest BCUT2D eigenvalue weighted by Gasteiger charge is -1.97. The van der Waals surface area contributed by atoms with Crippen LogP contribution >= 0.6 is 11.3 Å². The molecular formula is C12H8N4O4S. The molecule has 0 aliphatic heterocycles. The largest absolute Gasteiger partial charge is 0.459 e. The van der Waals surface area contributed by atoms with E-state index >= 15 is 0 Å². The Hall–Kier alpha value is -2.94. The van der Waals surface area contributed by atoms with Gasteiger partial charge in [-0.15, -0.1) is 11.3 Å². The minimum atomic E-state index is -0.520. The van der Waals surface area contributed by atoms with Gasteiger partial charge >= 0.3 is 6.01 Å². The van der Waals surface area contributed by atoms with Crippen LogP contribution in [-0.2, 0) is 0 Å². The first-order valence-corrected chi connectivity index (χ1v) is 6.61. The first kappa shape index (κ1) is 13.1. The molecule has 0 bridgehead atoms. The average Bonchev–Trinajstić information content (AvgIpc) is 3.21. The lowest BCUT2D eigenvalue weighted by Crippen LogP contribution is -2.14. The minimum absolute atomic E-state index is 0.0277. The highest BCUT2D eigenvalue weighted by Gasteiger charge is 2.16. The summed E-state index contributed by atoms with van der Waals surface area (Å²) in [4.78, 5) is 31.3.